The molecule has 40 valence electrons. The zero-order valence-corrected chi connectivity index (χ0v) is 4.99. The van der Waals surface area contributed by atoms with E-state index in [2.05, 4.69) is 22.5 Å². The molecule has 2 N–H and O–H groups in total. The van der Waals surface area contributed by atoms with Crippen LogP contribution in [-0.2, 0) is 9.09 Å². The smallest absolute Gasteiger partial charge is 0.331 e. The number of thiol groups is 1. The van der Waals surface area contributed by atoms with Crippen molar-refractivity contribution in [2.75, 3.05) is 0 Å². The van der Waals surface area contributed by atoms with Crippen molar-refractivity contribution in [3.63, 3.8) is 0 Å². The minimum absolute atomic E-state index is 1.07. The van der Waals surface area contributed by atoms with Crippen molar-refractivity contribution in [2.45, 2.75) is 0 Å². The number of rotatable bonds is 1. The molecular formula is CH3NO3PS+. The molecule has 0 saturated carbocycles. The van der Waals surface area contributed by atoms with Crippen LogP contribution < -0.4 is 5.73 Å². The summed E-state index contributed by atoms with van der Waals surface area (Å²) < 4.78 is 13.5. The van der Waals surface area contributed by atoms with Gasteiger partial charge in [0.15, 0.2) is 12.2 Å². The van der Waals surface area contributed by atoms with Crippen molar-refractivity contribution in [1.82, 2.24) is 0 Å². The van der Waals surface area contributed by atoms with Crippen molar-refractivity contribution in [1.29, 1.82) is 0 Å². The molecule has 0 saturated heterocycles. The number of carbonyl (C=O) groups excluding carboxylic acids is 1. The maximum atomic E-state index is 9.74. The van der Waals surface area contributed by atoms with Gasteiger partial charge in [-0.05, 0) is 4.57 Å². The number of hydrogen-bond donors (Lipinski definition) is 2. The molecule has 0 heterocycles. The van der Waals surface area contributed by atoms with E-state index in [1.54, 1.807) is 0 Å². The lowest BCUT2D eigenvalue weighted by atomic mass is 11.3. The van der Waals surface area contributed by atoms with Crippen LogP contribution in [0.25, 0.3) is 0 Å². The predicted molar refractivity (Wildman–Crippen MR) is 27.3 cm³/mol. The van der Waals surface area contributed by atoms with E-state index >= 15 is 0 Å². The van der Waals surface area contributed by atoms with E-state index in [1.165, 1.54) is 0 Å². The Bertz CT molecular complexity index is 91.1. The van der Waals surface area contributed by atoms with Crippen LogP contribution in [0.5, 0.6) is 0 Å². The van der Waals surface area contributed by atoms with E-state index in [-0.39, 0.29) is 0 Å². The van der Waals surface area contributed by atoms with Gasteiger partial charge in [-0.15, -0.1) is 0 Å². The molecule has 7 heavy (non-hydrogen) atoms. The van der Waals surface area contributed by atoms with E-state index in [4.69, 9.17) is 0 Å². The average Bonchev–Trinajstić information content (AvgIpc) is 1.27. The molecule has 0 aromatic heterocycles. The second-order valence-corrected chi connectivity index (χ2v) is 2.29. The molecule has 0 radical (unpaired) electrons. The molecular weight excluding hydrogens is 137 g/mol. The number of carbonyl (C=O) groups is 1. The van der Waals surface area contributed by atoms with E-state index < -0.39 is 13.3 Å². The van der Waals surface area contributed by atoms with Gasteiger partial charge in [-0.3, -0.25) is 0 Å². The first-order valence-corrected chi connectivity index (χ1v) is 3.59. The molecule has 0 rings (SSSR count). The molecule has 0 aliphatic carbocycles. The quantitative estimate of drug-likeness (QED) is 0.415. The highest BCUT2D eigenvalue weighted by Crippen LogP contribution is 2.25. The lowest BCUT2D eigenvalue weighted by molar-refractivity contribution is 0.215. The summed E-state index contributed by atoms with van der Waals surface area (Å²) in [4.78, 5) is 9.58. The molecule has 0 bridgehead atoms. The number of amides is 1. The number of primary amides is 1. The first-order valence-electron chi connectivity index (χ1n) is 1.26. The fourth-order valence-corrected chi connectivity index (χ4v) is 0.472. The van der Waals surface area contributed by atoms with Crippen LogP contribution in [0.3, 0.4) is 0 Å². The minimum atomic E-state index is -2.17. The maximum Gasteiger partial charge on any atom is 0.636 e. The summed E-state index contributed by atoms with van der Waals surface area (Å²) in [7, 11) is -2.17. The van der Waals surface area contributed by atoms with Gasteiger partial charge in [0, 0.05) is 0 Å². The van der Waals surface area contributed by atoms with E-state index in [9.17, 15) is 9.36 Å². The fraction of sp³-hybridized carbons (Fsp3) is 0. The van der Waals surface area contributed by atoms with Crippen molar-refractivity contribution in [2.24, 2.45) is 5.73 Å². The lowest BCUT2D eigenvalue weighted by Crippen LogP contribution is -2.07. The van der Waals surface area contributed by atoms with Gasteiger partial charge in [0.1, 0.15) is 0 Å². The van der Waals surface area contributed by atoms with Gasteiger partial charge < -0.3 is 5.73 Å². The van der Waals surface area contributed by atoms with Crippen LogP contribution in [-0.4, -0.2) is 6.09 Å². The Morgan fingerprint density at radius 3 is 2.29 bits per heavy atom. The molecule has 0 aromatic rings. The zero-order valence-electron chi connectivity index (χ0n) is 3.20. The van der Waals surface area contributed by atoms with Crippen LogP contribution >= 0.6 is 19.5 Å². The largest absolute Gasteiger partial charge is 0.636 e. The van der Waals surface area contributed by atoms with Gasteiger partial charge in [-0.1, -0.05) is 0 Å². The fourth-order valence-electron chi connectivity index (χ4n) is 0.0770. The Morgan fingerprint density at radius 1 is 1.86 bits per heavy atom. The van der Waals surface area contributed by atoms with Crippen LogP contribution in [0.4, 0.5) is 4.79 Å². The molecule has 1 atom stereocenters. The number of hydrogen-bond acceptors (Lipinski definition) is 3. The van der Waals surface area contributed by atoms with Gasteiger partial charge in [-0.2, -0.15) is 4.52 Å². The van der Waals surface area contributed by atoms with Gasteiger partial charge >= 0.3 is 13.3 Å². The summed E-state index contributed by atoms with van der Waals surface area (Å²) in [5.74, 6) is 0. The Morgan fingerprint density at radius 2 is 2.29 bits per heavy atom. The molecule has 0 aliphatic rings. The summed E-state index contributed by atoms with van der Waals surface area (Å²) in [5, 5.41) is 0. The summed E-state index contributed by atoms with van der Waals surface area (Å²) in [6.07, 6.45) is -1.07. The highest BCUT2D eigenvalue weighted by molar-refractivity contribution is 8.39. The van der Waals surface area contributed by atoms with Crippen molar-refractivity contribution in [3.8, 4) is 0 Å². The SMILES string of the molecule is NC(=O)O[P+](=O)S. The molecule has 0 aromatic carbocycles. The van der Waals surface area contributed by atoms with Gasteiger partial charge in [-0.25, -0.2) is 4.79 Å². The highest BCUT2D eigenvalue weighted by Gasteiger charge is 2.12. The Kier molecular flexibility index (Phi) is 2.71. The van der Waals surface area contributed by atoms with Crippen LogP contribution in [0.15, 0.2) is 0 Å². The second-order valence-electron chi connectivity index (χ2n) is 0.648. The molecule has 0 spiro atoms. The summed E-state index contributed by atoms with van der Waals surface area (Å²) >= 11 is 3.22. The van der Waals surface area contributed by atoms with Crippen molar-refractivity contribution >= 4 is 25.6 Å². The van der Waals surface area contributed by atoms with Crippen molar-refractivity contribution in [3.05, 3.63) is 0 Å². The Balaban J connectivity index is 3.32. The third-order valence-electron chi connectivity index (χ3n) is 0.168. The highest BCUT2D eigenvalue weighted by atomic mass is 32.7. The Hall–Kier alpha value is -0.280. The third-order valence-corrected chi connectivity index (χ3v) is 0.749. The topological polar surface area (TPSA) is 69.4 Å². The van der Waals surface area contributed by atoms with Crippen molar-refractivity contribution < 1.29 is 13.9 Å². The van der Waals surface area contributed by atoms with Crippen LogP contribution in [0.1, 0.15) is 0 Å². The monoisotopic (exact) mass is 140 g/mol. The first kappa shape index (κ1) is 6.72. The molecule has 0 aliphatic heterocycles. The minimum Gasteiger partial charge on any atom is -0.331 e. The first-order chi connectivity index (χ1) is 3.13. The van der Waals surface area contributed by atoms with E-state index in [0.717, 1.165) is 0 Å². The Labute approximate surface area is 46.0 Å². The summed E-state index contributed by atoms with van der Waals surface area (Å²) in [6, 6.07) is 0. The third kappa shape index (κ3) is 5.72. The number of nitrogens with two attached hydrogens (primary N) is 1. The molecule has 0 fully saturated rings. The van der Waals surface area contributed by atoms with E-state index in [1.807, 2.05) is 0 Å². The summed E-state index contributed by atoms with van der Waals surface area (Å²) in [6.45, 7) is 0. The van der Waals surface area contributed by atoms with E-state index in [0.29, 0.717) is 0 Å². The summed E-state index contributed by atoms with van der Waals surface area (Å²) in [5.41, 5.74) is 4.40. The predicted octanol–water partition coefficient (Wildman–Crippen LogP) is 0.669. The molecule has 1 amide bonds. The molecule has 1 unspecified atom stereocenters. The molecule has 6 heteroatoms. The molecule has 4 nitrogen and oxygen atoms in total. The van der Waals surface area contributed by atoms with Gasteiger partial charge in [0.05, 0.1) is 0 Å². The maximum absolute atomic E-state index is 9.74. The standard InChI is InChI=1S/CH2NO3PS/c2-1(3)5-6(4)7/h(H2-,2,3,4,7)/p+1. The normalized spacial score (nSPS) is 10.1. The zero-order chi connectivity index (χ0) is 5.86. The lowest BCUT2D eigenvalue weighted by Gasteiger charge is -1.72. The average molecular weight is 140 g/mol. The second kappa shape index (κ2) is 2.82. The van der Waals surface area contributed by atoms with Crippen LogP contribution in [0, 0.1) is 0 Å². The van der Waals surface area contributed by atoms with Gasteiger partial charge in [0.25, 0.3) is 0 Å². The van der Waals surface area contributed by atoms with Crippen LogP contribution in [0.2, 0.25) is 0 Å². The van der Waals surface area contributed by atoms with Gasteiger partial charge in [0.2, 0.25) is 0 Å².